The normalized spacial score (nSPS) is 20.1. The number of nitrogens with zero attached hydrogens (tertiary/aromatic N) is 2. The van der Waals surface area contributed by atoms with E-state index in [1.54, 1.807) is 42.5 Å². The van der Waals surface area contributed by atoms with E-state index in [1.807, 2.05) is 26.0 Å². The molecule has 1 aliphatic rings. The molecule has 1 saturated carbocycles. The van der Waals surface area contributed by atoms with Gasteiger partial charge in [-0.15, -0.1) is 0 Å². The van der Waals surface area contributed by atoms with E-state index in [0.717, 1.165) is 3.39 Å². The van der Waals surface area contributed by atoms with Crippen LogP contribution in [0.1, 0.15) is 25.6 Å². The molecule has 5 nitrogen and oxygen atoms in total. The summed E-state index contributed by atoms with van der Waals surface area (Å²) in [6.07, 6.45) is 0.802. The first-order valence-corrected chi connectivity index (χ1v) is 10.7. The second-order valence-corrected chi connectivity index (χ2v) is 10.4. The predicted octanol–water partition coefficient (Wildman–Crippen LogP) is 6.54. The zero-order valence-electron chi connectivity index (χ0n) is 15.6. The van der Waals surface area contributed by atoms with Crippen molar-refractivity contribution in [3.8, 4) is 17.7 Å². The molecule has 3 atom stereocenters. The molecule has 0 spiro atoms. The Kier molecular flexibility index (Phi) is 6.67. The minimum absolute atomic E-state index is 0.0237. The zero-order valence-corrected chi connectivity index (χ0v) is 19.5. The fourth-order valence-corrected chi connectivity index (χ4v) is 3.87. The van der Waals surface area contributed by atoms with Crippen LogP contribution in [0.2, 0.25) is 5.02 Å². The highest BCUT2D eigenvalue weighted by molar-refractivity contribution is 9.28. The van der Waals surface area contributed by atoms with Gasteiger partial charge in [0.2, 0.25) is 12.0 Å². The molecule has 150 valence electrons. The number of nitriles is 1. The largest absolute Gasteiger partial charge is 0.440 e. The maximum atomic E-state index is 12.7. The monoisotopic (exact) mass is 538 g/mol. The molecule has 8 heteroatoms. The summed E-state index contributed by atoms with van der Waals surface area (Å²) >= 11 is 12.5. The Morgan fingerprint density at radius 3 is 2.59 bits per heavy atom. The summed E-state index contributed by atoms with van der Waals surface area (Å²) in [5.74, 6) is 0.124. The fraction of sp³-hybridized carbons (Fsp3) is 0.286. The van der Waals surface area contributed by atoms with Gasteiger partial charge in [-0.3, -0.25) is 4.79 Å². The van der Waals surface area contributed by atoms with Gasteiger partial charge < -0.3 is 9.47 Å². The molecule has 3 rings (SSSR count). The number of hydrogen-bond donors (Lipinski definition) is 0. The summed E-state index contributed by atoms with van der Waals surface area (Å²) in [6.45, 7) is 3.98. The van der Waals surface area contributed by atoms with Gasteiger partial charge in [-0.05, 0) is 73.5 Å². The topological polar surface area (TPSA) is 72.2 Å². The average molecular weight is 541 g/mol. The minimum atomic E-state index is -1.12. The van der Waals surface area contributed by atoms with Crippen LogP contribution in [-0.2, 0) is 9.53 Å². The number of allylic oxidation sites excluding steroid dienone is 1. The molecule has 0 bridgehead atoms. The van der Waals surface area contributed by atoms with Crippen molar-refractivity contribution in [2.45, 2.75) is 20.0 Å². The Labute approximate surface area is 190 Å². The summed E-state index contributed by atoms with van der Waals surface area (Å²) < 4.78 is 12.0. The first-order chi connectivity index (χ1) is 13.7. The lowest BCUT2D eigenvalue weighted by atomic mass is 10.1. The van der Waals surface area contributed by atoms with Crippen molar-refractivity contribution in [3.05, 3.63) is 62.6 Å². The van der Waals surface area contributed by atoms with E-state index in [4.69, 9.17) is 21.1 Å². The van der Waals surface area contributed by atoms with Crippen molar-refractivity contribution in [1.82, 2.24) is 4.98 Å². The highest BCUT2D eigenvalue weighted by Crippen LogP contribution is 2.60. The molecule has 1 aromatic heterocycles. The third-order valence-corrected chi connectivity index (χ3v) is 5.65. The van der Waals surface area contributed by atoms with Gasteiger partial charge in [0.05, 0.1) is 15.0 Å². The van der Waals surface area contributed by atoms with E-state index in [1.165, 1.54) is 0 Å². The van der Waals surface area contributed by atoms with Crippen LogP contribution in [-0.4, -0.2) is 11.0 Å². The smallest absolute Gasteiger partial charge is 0.311 e. The van der Waals surface area contributed by atoms with E-state index >= 15 is 0 Å². The first kappa shape index (κ1) is 21.8. The van der Waals surface area contributed by atoms with E-state index in [2.05, 4.69) is 36.8 Å². The van der Waals surface area contributed by atoms with Crippen LogP contribution in [0.5, 0.6) is 11.6 Å². The summed E-state index contributed by atoms with van der Waals surface area (Å²) in [5.41, 5.74) is 0.0659. The summed E-state index contributed by atoms with van der Waals surface area (Å²) in [5, 5.41) is 10.1. The molecule has 0 N–H and O–H groups in total. The molecular formula is C21H17Br2ClN2O3. The molecule has 0 saturated heterocycles. The van der Waals surface area contributed by atoms with Gasteiger partial charge in [0.25, 0.3) is 0 Å². The third-order valence-electron chi connectivity index (χ3n) is 4.87. The summed E-state index contributed by atoms with van der Waals surface area (Å²) in [4.78, 5) is 17.0. The van der Waals surface area contributed by atoms with Crippen molar-refractivity contribution in [3.63, 3.8) is 0 Å². The number of carbonyl (C=O) groups excluding carboxylic acids is 1. The second kappa shape index (κ2) is 8.86. The van der Waals surface area contributed by atoms with Gasteiger partial charge in [-0.25, -0.2) is 4.98 Å². The molecule has 1 fully saturated rings. The van der Waals surface area contributed by atoms with Crippen LogP contribution in [0.3, 0.4) is 0 Å². The minimum Gasteiger partial charge on any atom is -0.440 e. The molecule has 0 radical (unpaired) electrons. The molecule has 0 aliphatic heterocycles. The van der Waals surface area contributed by atoms with Crippen molar-refractivity contribution in [2.24, 2.45) is 17.3 Å². The number of benzene rings is 1. The van der Waals surface area contributed by atoms with Crippen molar-refractivity contribution in [1.29, 1.82) is 5.26 Å². The molecule has 29 heavy (non-hydrogen) atoms. The van der Waals surface area contributed by atoms with Crippen molar-refractivity contribution < 1.29 is 14.3 Å². The van der Waals surface area contributed by atoms with Gasteiger partial charge >= 0.3 is 5.97 Å². The van der Waals surface area contributed by atoms with Crippen LogP contribution in [0, 0.1) is 28.6 Å². The van der Waals surface area contributed by atoms with Gasteiger partial charge in [0, 0.05) is 11.1 Å². The average Bonchev–Trinajstić information content (AvgIpc) is 3.21. The number of pyridine rings is 1. The number of hydrogen-bond acceptors (Lipinski definition) is 5. The number of aromatic nitrogens is 1. The maximum absolute atomic E-state index is 12.7. The number of esters is 1. The fourth-order valence-electron chi connectivity index (χ4n) is 3.17. The molecule has 1 aliphatic carbocycles. The van der Waals surface area contributed by atoms with Crippen molar-refractivity contribution >= 4 is 49.4 Å². The van der Waals surface area contributed by atoms with Gasteiger partial charge in [0.15, 0.2) is 0 Å². The number of rotatable bonds is 6. The molecule has 1 aromatic carbocycles. The number of ether oxygens (including phenoxy) is 2. The molecule has 1 unspecified atom stereocenters. The summed E-state index contributed by atoms with van der Waals surface area (Å²) in [7, 11) is 0. The number of halogens is 3. The maximum Gasteiger partial charge on any atom is 0.311 e. The highest BCUT2D eigenvalue weighted by atomic mass is 79.9. The second-order valence-electron chi connectivity index (χ2n) is 7.18. The Morgan fingerprint density at radius 1 is 1.28 bits per heavy atom. The third kappa shape index (κ3) is 5.19. The van der Waals surface area contributed by atoms with E-state index in [0.29, 0.717) is 16.5 Å². The van der Waals surface area contributed by atoms with E-state index in [9.17, 15) is 10.1 Å². The molecular weight excluding hydrogens is 524 g/mol. The lowest BCUT2D eigenvalue weighted by Gasteiger charge is -2.12. The Hall–Kier alpha value is -1.88. The SMILES string of the molecule is CC1(C)[C@H](C(=O)OC(C#N)c2cccc(Oc3ccc(Cl)cc3)n2)[C@@H]1C=C(Br)Br. The van der Waals surface area contributed by atoms with Crippen LogP contribution in [0.15, 0.2) is 51.9 Å². The molecule has 0 amide bonds. The Bertz CT molecular complexity index is 982. The van der Waals surface area contributed by atoms with Gasteiger partial charge in [-0.1, -0.05) is 37.6 Å². The molecule has 2 aromatic rings. The van der Waals surface area contributed by atoms with E-state index < -0.39 is 12.1 Å². The van der Waals surface area contributed by atoms with E-state index in [-0.39, 0.29) is 23.1 Å². The zero-order chi connectivity index (χ0) is 21.2. The Morgan fingerprint density at radius 2 is 1.97 bits per heavy atom. The quantitative estimate of drug-likeness (QED) is 0.389. The lowest BCUT2D eigenvalue weighted by molar-refractivity contribution is -0.149. The lowest BCUT2D eigenvalue weighted by Crippen LogP contribution is -2.15. The predicted molar refractivity (Wildman–Crippen MR) is 117 cm³/mol. The van der Waals surface area contributed by atoms with Crippen LogP contribution in [0.4, 0.5) is 0 Å². The van der Waals surface area contributed by atoms with Crippen LogP contribution < -0.4 is 4.74 Å². The van der Waals surface area contributed by atoms with Gasteiger partial charge in [-0.2, -0.15) is 5.26 Å². The first-order valence-electron chi connectivity index (χ1n) is 8.75. The molecule has 1 heterocycles. The summed E-state index contributed by atoms with van der Waals surface area (Å²) in [6, 6.07) is 13.8. The Balaban J connectivity index is 1.72. The highest BCUT2D eigenvalue weighted by Gasteiger charge is 2.61. The number of carbonyl (C=O) groups is 1. The van der Waals surface area contributed by atoms with Crippen molar-refractivity contribution in [2.75, 3.05) is 0 Å². The standard InChI is InChI=1S/C21H17Br2ClN2O3/c1-21(2)14(10-17(22)23)19(21)20(27)29-16(11-25)15-4-3-5-18(26-15)28-13-8-6-12(24)7-9-13/h3-10,14,16,19H,1-2H3/t14-,16?,19-/m0/s1. The van der Waals surface area contributed by atoms with Gasteiger partial charge in [0.1, 0.15) is 11.8 Å². The van der Waals surface area contributed by atoms with Crippen LogP contribution >= 0.6 is 43.5 Å². The van der Waals surface area contributed by atoms with Crippen LogP contribution in [0.25, 0.3) is 0 Å².